The molecule has 2 rings (SSSR count). The molecule has 0 aliphatic heterocycles. The maximum atomic E-state index is 12.6. The van der Waals surface area contributed by atoms with E-state index in [9.17, 15) is 4.79 Å². The Morgan fingerprint density at radius 3 is 2.80 bits per heavy atom. The number of anilines is 1. The highest BCUT2D eigenvalue weighted by molar-refractivity contribution is 6.02. The Hall–Kier alpha value is -2.88. The highest BCUT2D eigenvalue weighted by atomic mass is 16.5. The Morgan fingerprint density at radius 2 is 2.08 bits per heavy atom. The third kappa shape index (κ3) is 5.60. The fourth-order valence-corrected chi connectivity index (χ4v) is 2.59. The molecule has 0 saturated carbocycles. The van der Waals surface area contributed by atoms with Gasteiger partial charge in [0.05, 0.1) is 12.8 Å². The van der Waals surface area contributed by atoms with Crippen molar-refractivity contribution in [2.45, 2.75) is 19.3 Å². The molecular weight excluding hydrogens is 312 g/mol. The smallest absolute Gasteiger partial charge is 0.251 e. The maximum absolute atomic E-state index is 12.6. The first kappa shape index (κ1) is 18.5. The predicted octanol–water partition coefficient (Wildman–Crippen LogP) is 4.19. The molecule has 0 atom stereocenters. The van der Waals surface area contributed by atoms with Crippen LogP contribution in [0.15, 0.2) is 73.6 Å². The van der Waals surface area contributed by atoms with Gasteiger partial charge in [-0.05, 0) is 43.0 Å². The van der Waals surface area contributed by atoms with Crippen LogP contribution in [0.2, 0.25) is 0 Å². The molecule has 0 bridgehead atoms. The van der Waals surface area contributed by atoms with Crippen molar-refractivity contribution in [1.82, 2.24) is 4.98 Å². The van der Waals surface area contributed by atoms with E-state index in [1.807, 2.05) is 36.5 Å². The number of pyridine rings is 1. The average molecular weight is 336 g/mol. The van der Waals surface area contributed by atoms with E-state index in [2.05, 4.69) is 17.6 Å². The first-order chi connectivity index (χ1) is 12.3. The number of unbranched alkanes of at least 4 members (excludes halogenated alkanes) is 1. The molecule has 0 fully saturated rings. The standard InChI is InChI=1S/C21H24N2O2/c1-3-4-14-21(24)23(19-12-5-6-13-20(19)25-2)16-8-7-10-18-11-9-15-22-17-18/h3-6,9,11-15,17H,1,7-8,10,16H2,2H3. The van der Waals surface area contributed by atoms with E-state index in [4.69, 9.17) is 4.74 Å². The molecule has 1 aromatic carbocycles. The minimum absolute atomic E-state index is 0.0780. The van der Waals surface area contributed by atoms with E-state index in [-0.39, 0.29) is 5.91 Å². The number of benzene rings is 1. The monoisotopic (exact) mass is 336 g/mol. The summed E-state index contributed by atoms with van der Waals surface area (Å²) in [5.41, 5.74) is 1.99. The van der Waals surface area contributed by atoms with Crippen molar-refractivity contribution >= 4 is 11.6 Å². The zero-order valence-corrected chi connectivity index (χ0v) is 14.6. The summed E-state index contributed by atoms with van der Waals surface area (Å²) in [4.78, 5) is 18.4. The van der Waals surface area contributed by atoms with Crippen molar-refractivity contribution in [2.75, 3.05) is 18.6 Å². The zero-order valence-electron chi connectivity index (χ0n) is 14.6. The lowest BCUT2D eigenvalue weighted by atomic mass is 10.1. The van der Waals surface area contributed by atoms with Crippen LogP contribution < -0.4 is 9.64 Å². The van der Waals surface area contributed by atoms with E-state index in [1.165, 1.54) is 11.6 Å². The van der Waals surface area contributed by atoms with Crippen LogP contribution in [-0.2, 0) is 11.2 Å². The van der Waals surface area contributed by atoms with Crippen molar-refractivity contribution < 1.29 is 9.53 Å². The van der Waals surface area contributed by atoms with Gasteiger partial charge in [0.25, 0.3) is 5.91 Å². The summed E-state index contributed by atoms with van der Waals surface area (Å²) in [7, 11) is 1.61. The molecular formula is C21H24N2O2. The second kappa shape index (κ2) is 10.1. The van der Waals surface area contributed by atoms with E-state index in [0.717, 1.165) is 24.9 Å². The minimum Gasteiger partial charge on any atom is -0.495 e. The zero-order chi connectivity index (χ0) is 17.9. The van der Waals surface area contributed by atoms with Crippen molar-refractivity contribution in [3.8, 4) is 5.75 Å². The first-order valence-electron chi connectivity index (χ1n) is 8.38. The highest BCUT2D eigenvalue weighted by Crippen LogP contribution is 2.28. The second-order valence-corrected chi connectivity index (χ2v) is 5.57. The van der Waals surface area contributed by atoms with Gasteiger partial charge in [0.15, 0.2) is 0 Å². The molecule has 4 heteroatoms. The lowest BCUT2D eigenvalue weighted by Crippen LogP contribution is -2.30. The number of nitrogens with zero attached hydrogens (tertiary/aromatic N) is 2. The fourth-order valence-electron chi connectivity index (χ4n) is 2.59. The number of aromatic nitrogens is 1. The largest absolute Gasteiger partial charge is 0.495 e. The van der Waals surface area contributed by atoms with Gasteiger partial charge in [-0.15, -0.1) is 0 Å². The van der Waals surface area contributed by atoms with Gasteiger partial charge in [-0.1, -0.05) is 36.9 Å². The summed E-state index contributed by atoms with van der Waals surface area (Å²) < 4.78 is 5.41. The summed E-state index contributed by atoms with van der Waals surface area (Å²) in [5.74, 6) is 0.612. The first-order valence-corrected chi connectivity index (χ1v) is 8.38. The van der Waals surface area contributed by atoms with Gasteiger partial charge in [0.1, 0.15) is 5.75 Å². The van der Waals surface area contributed by atoms with E-state index >= 15 is 0 Å². The van der Waals surface area contributed by atoms with Crippen LogP contribution >= 0.6 is 0 Å². The number of rotatable bonds is 9. The van der Waals surface area contributed by atoms with Gasteiger partial charge in [-0.2, -0.15) is 0 Å². The molecule has 0 spiro atoms. The number of allylic oxidation sites excluding steroid dienone is 2. The molecule has 0 N–H and O–H groups in total. The molecule has 2 aromatic rings. The molecule has 0 aliphatic rings. The van der Waals surface area contributed by atoms with Crippen LogP contribution in [0.5, 0.6) is 5.75 Å². The number of aryl methyl sites for hydroxylation is 1. The number of methoxy groups -OCH3 is 1. The molecule has 1 amide bonds. The van der Waals surface area contributed by atoms with Crippen LogP contribution in [0.4, 0.5) is 5.69 Å². The number of ether oxygens (including phenoxy) is 1. The number of hydrogen-bond acceptors (Lipinski definition) is 3. The summed E-state index contributed by atoms with van der Waals surface area (Å²) in [6, 6.07) is 11.6. The van der Waals surface area contributed by atoms with Crippen molar-refractivity contribution in [1.29, 1.82) is 0 Å². The molecule has 1 heterocycles. The quantitative estimate of drug-likeness (QED) is 0.392. The van der Waals surface area contributed by atoms with Crippen molar-refractivity contribution in [3.05, 3.63) is 79.2 Å². The topological polar surface area (TPSA) is 42.4 Å². The molecule has 25 heavy (non-hydrogen) atoms. The van der Waals surface area contributed by atoms with Crippen LogP contribution in [-0.4, -0.2) is 24.5 Å². The molecule has 0 aliphatic carbocycles. The summed E-state index contributed by atoms with van der Waals surface area (Å²) in [5, 5.41) is 0. The van der Waals surface area contributed by atoms with Crippen LogP contribution in [0.1, 0.15) is 18.4 Å². The number of hydrogen-bond donors (Lipinski definition) is 0. The fraction of sp³-hybridized carbons (Fsp3) is 0.238. The average Bonchev–Trinajstić information content (AvgIpc) is 2.67. The van der Waals surface area contributed by atoms with Crippen LogP contribution in [0.3, 0.4) is 0 Å². The maximum Gasteiger partial charge on any atom is 0.251 e. The highest BCUT2D eigenvalue weighted by Gasteiger charge is 2.16. The number of para-hydroxylation sites is 2. The van der Waals surface area contributed by atoms with Crippen molar-refractivity contribution in [2.24, 2.45) is 0 Å². The van der Waals surface area contributed by atoms with E-state index < -0.39 is 0 Å². The lowest BCUT2D eigenvalue weighted by molar-refractivity contribution is -0.114. The summed E-state index contributed by atoms with van der Waals surface area (Å²) in [6.45, 7) is 4.25. The van der Waals surface area contributed by atoms with Gasteiger partial charge in [0.2, 0.25) is 0 Å². The summed E-state index contributed by atoms with van der Waals surface area (Å²) >= 11 is 0. The Balaban J connectivity index is 2.05. The molecule has 0 saturated heterocycles. The number of carbonyl (C=O) groups excluding carboxylic acids is 1. The second-order valence-electron chi connectivity index (χ2n) is 5.57. The Labute approximate surface area is 149 Å². The third-order valence-corrected chi connectivity index (χ3v) is 3.84. The molecule has 0 radical (unpaired) electrons. The normalized spacial score (nSPS) is 10.6. The summed E-state index contributed by atoms with van der Waals surface area (Å²) in [6.07, 6.45) is 11.3. The van der Waals surface area contributed by atoms with Gasteiger partial charge >= 0.3 is 0 Å². The number of amides is 1. The molecule has 0 unspecified atom stereocenters. The minimum atomic E-state index is -0.0780. The lowest BCUT2D eigenvalue weighted by Gasteiger charge is -2.23. The van der Waals surface area contributed by atoms with Gasteiger partial charge in [0, 0.05) is 25.0 Å². The number of carbonyl (C=O) groups is 1. The van der Waals surface area contributed by atoms with E-state index in [1.54, 1.807) is 30.4 Å². The van der Waals surface area contributed by atoms with Crippen LogP contribution in [0.25, 0.3) is 0 Å². The van der Waals surface area contributed by atoms with Crippen LogP contribution in [0, 0.1) is 0 Å². The van der Waals surface area contributed by atoms with Gasteiger partial charge in [-0.3, -0.25) is 9.78 Å². The Morgan fingerprint density at radius 1 is 1.24 bits per heavy atom. The Kier molecular flexibility index (Phi) is 7.44. The van der Waals surface area contributed by atoms with Crippen molar-refractivity contribution in [3.63, 3.8) is 0 Å². The molecule has 1 aromatic heterocycles. The Bertz CT molecular complexity index is 711. The molecule has 4 nitrogen and oxygen atoms in total. The van der Waals surface area contributed by atoms with Gasteiger partial charge in [-0.25, -0.2) is 0 Å². The SMILES string of the molecule is C=CC=CC(=O)N(CCCCc1cccnc1)c1ccccc1OC. The predicted molar refractivity (Wildman–Crippen MR) is 102 cm³/mol. The molecule has 130 valence electrons. The van der Waals surface area contributed by atoms with Gasteiger partial charge < -0.3 is 9.64 Å². The third-order valence-electron chi connectivity index (χ3n) is 3.84. The van der Waals surface area contributed by atoms with E-state index in [0.29, 0.717) is 12.3 Å².